The Hall–Kier alpha value is -0.224. The zero-order chi connectivity index (χ0) is 10.5. The summed E-state index contributed by atoms with van der Waals surface area (Å²) in [5.41, 5.74) is 1.01. The molecule has 2 aromatic rings. The van der Waals surface area contributed by atoms with Gasteiger partial charge in [-0.3, -0.25) is 0 Å². The first-order valence-electron chi connectivity index (χ1n) is 4.69. The first kappa shape index (κ1) is 16.8. The number of benzene rings is 2. The summed E-state index contributed by atoms with van der Waals surface area (Å²) in [5.74, 6) is 0.705. The first-order valence-corrected chi connectivity index (χ1v) is 5.07. The fourth-order valence-electron chi connectivity index (χ4n) is 1.24. The third kappa shape index (κ3) is 5.30. The van der Waals surface area contributed by atoms with Gasteiger partial charge in [-0.1, -0.05) is 23.7 Å². The van der Waals surface area contributed by atoms with E-state index in [2.05, 4.69) is 6.07 Å². The second-order valence-corrected chi connectivity index (χ2v) is 3.51. The summed E-state index contributed by atoms with van der Waals surface area (Å²) in [6.07, 6.45) is 0. The molecule has 84 valence electrons. The minimum Gasteiger partial charge on any atom is -1.00 e. The summed E-state index contributed by atoms with van der Waals surface area (Å²) in [6.45, 7) is 0.491. The molecule has 2 aromatic carbocycles. The van der Waals surface area contributed by atoms with Crippen molar-refractivity contribution in [2.45, 2.75) is 6.61 Å². The second kappa shape index (κ2) is 8.81. The Morgan fingerprint density at radius 1 is 1.06 bits per heavy atom. The van der Waals surface area contributed by atoms with Crippen LogP contribution in [0, 0.1) is 6.07 Å². The van der Waals surface area contributed by atoms with Crippen LogP contribution >= 0.6 is 11.6 Å². The molecule has 0 spiro atoms. The largest absolute Gasteiger partial charge is 2.00 e. The average molecular weight is 322 g/mol. The fourth-order valence-corrected chi connectivity index (χ4v) is 1.43. The van der Waals surface area contributed by atoms with Crippen LogP contribution in [0.25, 0.3) is 0 Å². The Kier molecular flexibility index (Phi) is 8.69. The molecule has 1 nitrogen and oxygen atoms in total. The number of hydrogen-bond donors (Lipinski definition) is 0. The van der Waals surface area contributed by atoms with E-state index in [1.807, 2.05) is 48.5 Å². The molecular weight excluding hydrogens is 312 g/mol. The molecule has 0 N–H and O–H groups in total. The first-order chi connectivity index (χ1) is 7.36. The van der Waals surface area contributed by atoms with E-state index >= 15 is 0 Å². The Bertz CT molecular complexity index is 436. The van der Waals surface area contributed by atoms with Crippen LogP contribution in [0.1, 0.15) is 5.56 Å². The van der Waals surface area contributed by atoms with Crippen molar-refractivity contribution >= 4 is 34.7 Å². The van der Waals surface area contributed by atoms with Crippen molar-refractivity contribution in [2.24, 2.45) is 0 Å². The minimum absolute atomic E-state index is 0. The number of halogens is 2. The van der Waals surface area contributed by atoms with E-state index in [0.29, 0.717) is 17.4 Å². The van der Waals surface area contributed by atoms with Gasteiger partial charge in [0.25, 0.3) is 0 Å². The topological polar surface area (TPSA) is 9.23 Å². The Labute approximate surface area is 133 Å². The van der Waals surface area contributed by atoms with Crippen LogP contribution in [0.2, 0.25) is 5.02 Å². The van der Waals surface area contributed by atoms with Crippen LogP contribution in [0.4, 0.5) is 0 Å². The SMILES string of the molecule is Clc1ccccc1OCc1[c-]cccc1.[Br-].[Mg+2]. The quantitative estimate of drug-likeness (QED) is 0.585. The van der Waals surface area contributed by atoms with Crippen LogP contribution in [0.5, 0.6) is 5.75 Å². The molecule has 0 unspecified atom stereocenters. The van der Waals surface area contributed by atoms with Gasteiger partial charge < -0.3 is 21.7 Å². The van der Waals surface area contributed by atoms with Crippen molar-refractivity contribution < 1.29 is 21.7 Å². The van der Waals surface area contributed by atoms with Crippen LogP contribution in [-0.2, 0) is 6.61 Å². The molecule has 0 radical (unpaired) electrons. The van der Waals surface area contributed by atoms with Crippen LogP contribution in [0.3, 0.4) is 0 Å². The van der Waals surface area contributed by atoms with Gasteiger partial charge >= 0.3 is 23.1 Å². The molecular formula is C13H10BrClMgO. The Morgan fingerprint density at radius 2 is 1.76 bits per heavy atom. The van der Waals surface area contributed by atoms with E-state index in [4.69, 9.17) is 16.3 Å². The molecule has 0 bridgehead atoms. The van der Waals surface area contributed by atoms with Gasteiger partial charge in [0.2, 0.25) is 0 Å². The van der Waals surface area contributed by atoms with E-state index in [9.17, 15) is 0 Å². The Morgan fingerprint density at radius 3 is 2.41 bits per heavy atom. The Balaban J connectivity index is 0.00000128. The number of para-hydroxylation sites is 1. The zero-order valence-electron chi connectivity index (χ0n) is 9.20. The van der Waals surface area contributed by atoms with Gasteiger partial charge in [0.05, 0.1) is 11.6 Å². The van der Waals surface area contributed by atoms with Crippen molar-refractivity contribution in [1.82, 2.24) is 0 Å². The summed E-state index contributed by atoms with van der Waals surface area (Å²) in [4.78, 5) is 0. The maximum atomic E-state index is 5.96. The zero-order valence-corrected chi connectivity index (χ0v) is 13.0. The van der Waals surface area contributed by atoms with Gasteiger partial charge in [-0.25, -0.2) is 0 Å². The van der Waals surface area contributed by atoms with Crippen LogP contribution in [0.15, 0.2) is 48.5 Å². The van der Waals surface area contributed by atoms with E-state index in [-0.39, 0.29) is 40.0 Å². The van der Waals surface area contributed by atoms with Crippen LogP contribution in [-0.4, -0.2) is 23.1 Å². The van der Waals surface area contributed by atoms with Crippen molar-refractivity contribution in [3.05, 3.63) is 65.2 Å². The van der Waals surface area contributed by atoms with Gasteiger partial charge in [0.15, 0.2) is 0 Å². The van der Waals surface area contributed by atoms with Crippen molar-refractivity contribution in [3.63, 3.8) is 0 Å². The third-order valence-corrected chi connectivity index (χ3v) is 2.31. The molecule has 2 rings (SSSR count). The van der Waals surface area contributed by atoms with E-state index in [1.165, 1.54) is 0 Å². The molecule has 0 aliphatic heterocycles. The molecule has 0 fully saturated rings. The van der Waals surface area contributed by atoms with E-state index in [1.54, 1.807) is 0 Å². The smallest absolute Gasteiger partial charge is 1.00 e. The summed E-state index contributed by atoms with van der Waals surface area (Å²) in [6, 6.07) is 18.3. The molecule has 0 heterocycles. The molecule has 0 atom stereocenters. The van der Waals surface area contributed by atoms with Crippen LogP contribution < -0.4 is 21.7 Å². The van der Waals surface area contributed by atoms with Crippen molar-refractivity contribution in [3.8, 4) is 5.75 Å². The predicted octanol–water partition coefficient (Wildman–Crippen LogP) is 0.342. The number of hydrogen-bond acceptors (Lipinski definition) is 1. The molecule has 0 amide bonds. The molecule has 0 aliphatic rings. The van der Waals surface area contributed by atoms with Gasteiger partial charge in [-0.2, -0.15) is 30.3 Å². The summed E-state index contributed by atoms with van der Waals surface area (Å²) < 4.78 is 5.56. The van der Waals surface area contributed by atoms with E-state index in [0.717, 1.165) is 5.56 Å². The maximum absolute atomic E-state index is 5.96. The van der Waals surface area contributed by atoms with Crippen molar-refractivity contribution in [1.29, 1.82) is 0 Å². The minimum atomic E-state index is 0. The number of ether oxygens (including phenoxy) is 1. The van der Waals surface area contributed by atoms with Crippen molar-refractivity contribution in [2.75, 3.05) is 0 Å². The monoisotopic (exact) mass is 320 g/mol. The van der Waals surface area contributed by atoms with E-state index < -0.39 is 0 Å². The normalized spacial score (nSPS) is 8.76. The fraction of sp³-hybridized carbons (Fsp3) is 0.0769. The summed E-state index contributed by atoms with van der Waals surface area (Å²) >= 11 is 5.96. The van der Waals surface area contributed by atoms with Gasteiger partial charge in [-0.05, 0) is 12.1 Å². The maximum Gasteiger partial charge on any atom is 2.00 e. The third-order valence-electron chi connectivity index (χ3n) is 1.99. The molecule has 0 aromatic heterocycles. The predicted molar refractivity (Wildman–Crippen MR) is 66.8 cm³/mol. The average Bonchev–Trinajstić information content (AvgIpc) is 2.29. The summed E-state index contributed by atoms with van der Waals surface area (Å²) in [7, 11) is 0. The van der Waals surface area contributed by atoms with Gasteiger partial charge in [-0.15, -0.1) is 5.56 Å². The van der Waals surface area contributed by atoms with Gasteiger partial charge in [0.1, 0.15) is 5.75 Å². The second-order valence-electron chi connectivity index (χ2n) is 3.11. The summed E-state index contributed by atoms with van der Waals surface area (Å²) in [5, 5.41) is 0.633. The number of rotatable bonds is 3. The molecule has 17 heavy (non-hydrogen) atoms. The molecule has 0 saturated heterocycles. The standard InChI is InChI=1S/C13H10ClO.BrH.Mg/c14-12-8-4-5-9-13(12)15-10-11-6-2-1-3-7-11;;/h1-6,8-9H,10H2;1H;/q-1;;+2/p-1. The molecule has 4 heteroatoms. The molecule has 0 saturated carbocycles. The van der Waals surface area contributed by atoms with Gasteiger partial charge in [0, 0.05) is 0 Å². The molecule has 0 aliphatic carbocycles.